The van der Waals surface area contributed by atoms with Crippen LogP contribution < -0.4 is 5.56 Å². The zero-order valence-corrected chi connectivity index (χ0v) is 21.6. The number of nitrogens with zero attached hydrogens (tertiary/aromatic N) is 4. The van der Waals surface area contributed by atoms with Gasteiger partial charge in [0.05, 0.1) is 16.8 Å². The minimum absolute atomic E-state index is 0.00405. The predicted octanol–water partition coefficient (Wildman–Crippen LogP) is 4.97. The van der Waals surface area contributed by atoms with Crippen LogP contribution in [0, 0.1) is 36.5 Å². The second kappa shape index (κ2) is 10.0. The molecule has 186 valence electrons. The summed E-state index contributed by atoms with van der Waals surface area (Å²) in [7, 11) is 0. The number of aryl methyl sites for hydroxylation is 1. The molecule has 1 atom stereocenters. The van der Waals surface area contributed by atoms with Crippen LogP contribution in [0.15, 0.2) is 23.1 Å². The fraction of sp³-hybridized carbons (Fsp3) is 0.607. The minimum Gasteiger partial charge on any atom is -0.356 e. The highest BCUT2D eigenvalue weighted by Gasteiger charge is 2.51. The van der Waals surface area contributed by atoms with E-state index in [1.54, 1.807) is 0 Å². The van der Waals surface area contributed by atoms with Crippen molar-refractivity contribution < 1.29 is 4.74 Å². The number of hydrogen-bond donors (Lipinski definition) is 0. The van der Waals surface area contributed by atoms with E-state index in [2.05, 4.69) is 22.1 Å². The average Bonchev–Trinajstić information content (AvgIpc) is 2.81. The highest BCUT2D eigenvalue weighted by atomic mass is 35.5. The zero-order chi connectivity index (χ0) is 24.6. The third-order valence-electron chi connectivity index (χ3n) is 8.41. The largest absolute Gasteiger partial charge is 0.356 e. The van der Waals surface area contributed by atoms with Crippen molar-refractivity contribution in [1.82, 2.24) is 14.7 Å². The first-order valence-corrected chi connectivity index (χ1v) is 13.4. The van der Waals surface area contributed by atoms with E-state index in [9.17, 15) is 10.1 Å². The van der Waals surface area contributed by atoms with Crippen LogP contribution >= 0.6 is 11.6 Å². The molecule has 1 aliphatic carbocycles. The van der Waals surface area contributed by atoms with Crippen molar-refractivity contribution in [2.45, 2.75) is 71.4 Å². The van der Waals surface area contributed by atoms with Gasteiger partial charge in [-0.25, -0.2) is 4.68 Å². The van der Waals surface area contributed by atoms with Gasteiger partial charge in [0.15, 0.2) is 6.23 Å². The van der Waals surface area contributed by atoms with Gasteiger partial charge in [-0.2, -0.15) is 10.4 Å². The lowest BCUT2D eigenvalue weighted by Gasteiger charge is -2.59. The molecule has 1 unspecified atom stereocenters. The van der Waals surface area contributed by atoms with Crippen molar-refractivity contribution in [3.8, 4) is 6.07 Å². The molecule has 0 bridgehead atoms. The van der Waals surface area contributed by atoms with Crippen molar-refractivity contribution in [2.75, 3.05) is 26.2 Å². The highest BCUT2D eigenvalue weighted by molar-refractivity contribution is 6.31. The Hall–Kier alpha value is -2.20. The first kappa shape index (κ1) is 24.5. The summed E-state index contributed by atoms with van der Waals surface area (Å²) in [5.74, 6) is 0.705. The number of benzene rings is 1. The van der Waals surface area contributed by atoms with Crippen molar-refractivity contribution >= 4 is 11.6 Å². The molecule has 1 saturated carbocycles. The second-order valence-corrected chi connectivity index (χ2v) is 11.4. The quantitative estimate of drug-likeness (QED) is 0.543. The maximum Gasteiger partial charge on any atom is 0.272 e. The summed E-state index contributed by atoms with van der Waals surface area (Å²) in [5, 5.41) is 14.4. The Morgan fingerprint density at radius 3 is 2.71 bits per heavy atom. The molecule has 2 aliphatic heterocycles. The van der Waals surface area contributed by atoms with Crippen LogP contribution in [0.4, 0.5) is 0 Å². The van der Waals surface area contributed by atoms with Gasteiger partial charge in [-0.1, -0.05) is 17.7 Å². The van der Waals surface area contributed by atoms with Crippen LogP contribution in [0.5, 0.6) is 0 Å². The summed E-state index contributed by atoms with van der Waals surface area (Å²) < 4.78 is 7.29. The Kier molecular flexibility index (Phi) is 7.03. The van der Waals surface area contributed by atoms with Crippen molar-refractivity contribution in [2.24, 2.45) is 11.3 Å². The van der Waals surface area contributed by atoms with Crippen LogP contribution in [0.3, 0.4) is 0 Å². The molecule has 2 saturated heterocycles. The van der Waals surface area contributed by atoms with E-state index in [0.29, 0.717) is 28.5 Å². The number of aromatic nitrogens is 2. The summed E-state index contributed by atoms with van der Waals surface area (Å²) in [6, 6.07) is 6.20. The van der Waals surface area contributed by atoms with E-state index in [1.807, 2.05) is 26.1 Å². The van der Waals surface area contributed by atoms with Gasteiger partial charge in [-0.05, 0) is 106 Å². The summed E-state index contributed by atoms with van der Waals surface area (Å²) in [5.41, 5.74) is 5.31. The van der Waals surface area contributed by atoms with Gasteiger partial charge in [0.2, 0.25) is 0 Å². The van der Waals surface area contributed by atoms with Crippen LogP contribution in [-0.2, 0) is 17.6 Å². The SMILES string of the molecule is Cc1c(CC2CC3(C2)CN(CCCc2cnn(C4CCCCO4)c(=O)c2C)C3)ccc(Cl)c1C#N. The summed E-state index contributed by atoms with van der Waals surface area (Å²) >= 11 is 6.16. The smallest absolute Gasteiger partial charge is 0.272 e. The zero-order valence-electron chi connectivity index (χ0n) is 20.9. The Morgan fingerprint density at radius 2 is 2.00 bits per heavy atom. The summed E-state index contributed by atoms with van der Waals surface area (Å²) in [6.07, 6.45) is 10.2. The lowest BCUT2D eigenvalue weighted by Crippen LogP contribution is -2.62. The van der Waals surface area contributed by atoms with Crippen molar-refractivity contribution in [3.63, 3.8) is 0 Å². The third-order valence-corrected chi connectivity index (χ3v) is 8.72. The van der Waals surface area contributed by atoms with Crippen LogP contribution in [0.25, 0.3) is 0 Å². The van der Waals surface area contributed by atoms with E-state index >= 15 is 0 Å². The molecule has 6 nitrogen and oxygen atoms in total. The third kappa shape index (κ3) is 4.91. The molecule has 2 aromatic rings. The molecular weight excluding hydrogens is 460 g/mol. The molecule has 1 aromatic heterocycles. The van der Waals surface area contributed by atoms with Gasteiger partial charge in [-0.3, -0.25) is 4.79 Å². The van der Waals surface area contributed by atoms with Gasteiger partial charge in [0, 0.05) is 25.3 Å². The maximum atomic E-state index is 12.8. The summed E-state index contributed by atoms with van der Waals surface area (Å²) in [6.45, 7) is 8.09. The lowest BCUT2D eigenvalue weighted by atomic mass is 9.56. The number of likely N-dealkylation sites (tertiary alicyclic amines) is 1. The molecule has 0 N–H and O–H groups in total. The standard InChI is InChI=1S/C28H35ClN4O2/c1-19-22(8-9-25(29)24(19)15-30)12-21-13-28(14-21)17-32(18-28)10-5-6-23-16-31-33(27(34)20(23)2)26-7-3-4-11-35-26/h8-9,16,21,26H,3-7,10-14,17-18H2,1-2H3. The van der Waals surface area contributed by atoms with Gasteiger partial charge < -0.3 is 9.64 Å². The van der Waals surface area contributed by atoms with Crippen molar-refractivity contribution in [3.05, 3.63) is 61.5 Å². The van der Waals surface area contributed by atoms with E-state index in [4.69, 9.17) is 16.3 Å². The van der Waals surface area contributed by atoms with Gasteiger partial charge in [0.1, 0.15) is 6.07 Å². The van der Waals surface area contributed by atoms with E-state index < -0.39 is 0 Å². The minimum atomic E-state index is -0.204. The average molecular weight is 495 g/mol. The topological polar surface area (TPSA) is 71.2 Å². The number of hydrogen-bond acceptors (Lipinski definition) is 5. The molecule has 1 spiro atoms. The van der Waals surface area contributed by atoms with Gasteiger partial charge in [0.25, 0.3) is 5.56 Å². The highest BCUT2D eigenvalue weighted by Crippen LogP contribution is 2.53. The predicted molar refractivity (Wildman–Crippen MR) is 137 cm³/mol. The maximum absolute atomic E-state index is 12.8. The monoisotopic (exact) mass is 494 g/mol. The molecule has 1 aromatic carbocycles. The van der Waals surface area contributed by atoms with Crippen LogP contribution in [-0.4, -0.2) is 40.9 Å². The van der Waals surface area contributed by atoms with Gasteiger partial charge >= 0.3 is 0 Å². The Balaban J connectivity index is 1.06. The van der Waals surface area contributed by atoms with Crippen LogP contribution in [0.1, 0.15) is 72.6 Å². The molecule has 0 amide bonds. The number of halogens is 1. The Bertz CT molecular complexity index is 1180. The second-order valence-electron chi connectivity index (χ2n) is 11.0. The van der Waals surface area contributed by atoms with E-state index in [0.717, 1.165) is 61.8 Å². The van der Waals surface area contributed by atoms with Crippen LogP contribution in [0.2, 0.25) is 5.02 Å². The molecular formula is C28H35ClN4O2. The van der Waals surface area contributed by atoms with E-state index in [-0.39, 0.29) is 11.8 Å². The first-order chi connectivity index (χ1) is 16.9. The molecule has 3 aliphatic rings. The number of ether oxygens (including phenoxy) is 1. The molecule has 0 radical (unpaired) electrons. The number of nitriles is 1. The molecule has 5 rings (SSSR count). The first-order valence-electron chi connectivity index (χ1n) is 13.0. The van der Waals surface area contributed by atoms with Gasteiger partial charge in [-0.15, -0.1) is 0 Å². The molecule has 7 heteroatoms. The Labute approximate surface area is 212 Å². The van der Waals surface area contributed by atoms with Crippen molar-refractivity contribution in [1.29, 1.82) is 5.26 Å². The van der Waals surface area contributed by atoms with E-state index in [1.165, 1.54) is 36.2 Å². The molecule has 3 heterocycles. The molecule has 3 fully saturated rings. The Morgan fingerprint density at radius 1 is 1.20 bits per heavy atom. The fourth-order valence-corrected chi connectivity index (χ4v) is 6.72. The summed E-state index contributed by atoms with van der Waals surface area (Å²) in [4.78, 5) is 15.4. The lowest BCUT2D eigenvalue weighted by molar-refractivity contribution is -0.0937. The number of rotatable bonds is 7. The fourth-order valence-electron chi connectivity index (χ4n) is 6.48. The molecule has 35 heavy (non-hydrogen) atoms. The normalized spacial score (nSPS) is 21.9.